The molecule has 0 aliphatic carbocycles. The first-order valence-electron chi connectivity index (χ1n) is 13.1. The van der Waals surface area contributed by atoms with E-state index in [0.717, 1.165) is 10.1 Å². The molecule has 6 rings (SSSR count). The molecule has 0 bridgehead atoms. The van der Waals surface area contributed by atoms with Crippen molar-refractivity contribution in [1.82, 2.24) is 9.66 Å². The third-order valence-electron chi connectivity index (χ3n) is 6.51. The first-order valence-corrected chi connectivity index (χ1v) is 14.3. The molecule has 44 heavy (non-hydrogen) atoms. The topological polar surface area (TPSA) is 108 Å². The molecule has 0 saturated carbocycles. The summed E-state index contributed by atoms with van der Waals surface area (Å²) in [6.45, 7) is -0.388. The number of aromatic nitrogens is 2. The second kappa shape index (κ2) is 12.3. The van der Waals surface area contributed by atoms with Gasteiger partial charge in [-0.25, -0.2) is 9.37 Å². The Labute approximate surface area is 262 Å². The van der Waals surface area contributed by atoms with E-state index in [0.29, 0.717) is 48.7 Å². The first-order chi connectivity index (χ1) is 21.3. The van der Waals surface area contributed by atoms with Crippen LogP contribution in [0.15, 0.2) is 104 Å². The molecule has 0 radical (unpaired) electrons. The largest absolute Gasteiger partial charge is 0.493 e. The van der Waals surface area contributed by atoms with Gasteiger partial charge in [0.15, 0.2) is 23.9 Å². The Kier molecular flexibility index (Phi) is 8.14. The molecule has 0 unspecified atom stereocenters. The van der Waals surface area contributed by atoms with E-state index in [1.54, 1.807) is 60.7 Å². The van der Waals surface area contributed by atoms with E-state index in [1.807, 2.05) is 0 Å². The predicted octanol–water partition coefficient (Wildman–Crippen LogP) is 7.27. The highest BCUT2D eigenvalue weighted by molar-refractivity contribution is 9.10. The van der Waals surface area contributed by atoms with E-state index in [-0.39, 0.29) is 18.2 Å². The third kappa shape index (κ3) is 6.05. The number of carbonyl (C=O) groups excluding carboxylic acids is 1. The third-order valence-corrected chi connectivity index (χ3v) is 7.20. The molecule has 2 heterocycles. The summed E-state index contributed by atoms with van der Waals surface area (Å²) in [7, 11) is 1.46. The molecular formula is C32H21BrClFN4O5. The molecule has 0 aliphatic rings. The van der Waals surface area contributed by atoms with Gasteiger partial charge in [-0.3, -0.25) is 9.59 Å². The summed E-state index contributed by atoms with van der Waals surface area (Å²) in [6, 6.07) is 22.6. The van der Waals surface area contributed by atoms with Crippen molar-refractivity contribution < 1.29 is 23.1 Å². The van der Waals surface area contributed by atoms with Crippen molar-refractivity contribution in [2.24, 2.45) is 5.10 Å². The zero-order chi connectivity index (χ0) is 30.8. The summed E-state index contributed by atoms with van der Waals surface area (Å²) in [5, 5.41) is 8.78. The lowest BCUT2D eigenvalue weighted by molar-refractivity contribution is -0.118. The lowest BCUT2D eigenvalue weighted by atomic mass is 10.2. The van der Waals surface area contributed by atoms with Crippen LogP contribution in [0.3, 0.4) is 0 Å². The second-order valence-corrected chi connectivity index (χ2v) is 10.8. The maximum absolute atomic E-state index is 13.7. The van der Waals surface area contributed by atoms with Gasteiger partial charge in [-0.2, -0.15) is 9.78 Å². The zero-order valence-electron chi connectivity index (χ0n) is 22.9. The van der Waals surface area contributed by atoms with Crippen molar-refractivity contribution in [3.63, 3.8) is 0 Å². The van der Waals surface area contributed by atoms with Gasteiger partial charge in [-0.05, 0) is 72.8 Å². The standard InChI is InChI=1S/C32H21BrClFN4O5/c1-42-27-15-20(33)12-19(30(27)43-17-29(40)37-23-9-7-22(35)8-10-23)16-36-39-31(38-25-5-3-2-4-24(25)32(39)41)28-14-18-13-21(34)6-11-26(18)44-28/h2-16H,17H2,1H3,(H,37,40). The Morgan fingerprint density at radius 1 is 1.11 bits per heavy atom. The monoisotopic (exact) mass is 674 g/mol. The number of fused-ring (bicyclic) bond motifs is 2. The molecule has 0 atom stereocenters. The summed E-state index contributed by atoms with van der Waals surface area (Å²) in [5.74, 6) is 0.0932. The number of carbonyl (C=O) groups is 1. The van der Waals surface area contributed by atoms with Gasteiger partial charge in [0.05, 0.1) is 24.2 Å². The molecule has 0 saturated heterocycles. The van der Waals surface area contributed by atoms with Crippen LogP contribution in [0.2, 0.25) is 5.02 Å². The summed E-state index contributed by atoms with van der Waals surface area (Å²) < 4.78 is 32.4. The lowest BCUT2D eigenvalue weighted by Crippen LogP contribution is -2.21. The van der Waals surface area contributed by atoms with Crippen molar-refractivity contribution in [1.29, 1.82) is 0 Å². The van der Waals surface area contributed by atoms with E-state index < -0.39 is 17.3 Å². The minimum absolute atomic E-state index is 0.167. The first kappa shape index (κ1) is 29.1. The Morgan fingerprint density at radius 3 is 2.70 bits per heavy atom. The average molecular weight is 676 g/mol. The van der Waals surface area contributed by atoms with Crippen LogP contribution < -0.4 is 20.3 Å². The SMILES string of the molecule is COc1cc(Br)cc(C=Nn2c(-c3cc4cc(Cl)ccc4o3)nc3ccccc3c2=O)c1OCC(=O)Nc1ccc(F)cc1. The van der Waals surface area contributed by atoms with Crippen LogP contribution in [0.1, 0.15) is 5.56 Å². The van der Waals surface area contributed by atoms with Crippen LogP contribution in [0.4, 0.5) is 10.1 Å². The van der Waals surface area contributed by atoms with Gasteiger partial charge in [0.2, 0.25) is 5.82 Å². The van der Waals surface area contributed by atoms with Crippen molar-refractivity contribution in [3.05, 3.63) is 116 Å². The second-order valence-electron chi connectivity index (χ2n) is 9.48. The zero-order valence-corrected chi connectivity index (χ0v) is 25.2. The maximum atomic E-state index is 13.7. The fraction of sp³-hybridized carbons (Fsp3) is 0.0625. The Balaban J connectivity index is 1.39. The number of methoxy groups -OCH3 is 1. The number of ether oxygens (including phenoxy) is 2. The molecule has 9 nitrogen and oxygen atoms in total. The highest BCUT2D eigenvalue weighted by atomic mass is 79.9. The van der Waals surface area contributed by atoms with Crippen LogP contribution in [-0.2, 0) is 4.79 Å². The molecule has 2 aromatic heterocycles. The molecule has 1 amide bonds. The summed E-state index contributed by atoms with van der Waals surface area (Å²) in [6.07, 6.45) is 1.40. The van der Waals surface area contributed by atoms with Crippen molar-refractivity contribution in [2.45, 2.75) is 0 Å². The number of para-hydroxylation sites is 1. The van der Waals surface area contributed by atoms with Gasteiger partial charge in [0.1, 0.15) is 11.4 Å². The normalized spacial score (nSPS) is 11.4. The van der Waals surface area contributed by atoms with Crippen molar-refractivity contribution >= 4 is 67.2 Å². The quantitative estimate of drug-likeness (QED) is 0.170. The molecule has 0 aliphatic heterocycles. The van der Waals surface area contributed by atoms with Gasteiger partial charge in [-0.1, -0.05) is 39.7 Å². The number of benzene rings is 4. The molecule has 6 aromatic rings. The van der Waals surface area contributed by atoms with E-state index in [4.69, 9.17) is 30.5 Å². The minimum atomic E-state index is -0.480. The number of hydrogen-bond donors (Lipinski definition) is 1. The highest BCUT2D eigenvalue weighted by Gasteiger charge is 2.18. The van der Waals surface area contributed by atoms with Crippen molar-refractivity contribution in [2.75, 3.05) is 19.0 Å². The molecule has 1 N–H and O–H groups in total. The number of rotatable bonds is 8. The number of anilines is 1. The minimum Gasteiger partial charge on any atom is -0.493 e. The maximum Gasteiger partial charge on any atom is 0.282 e. The Hall–Kier alpha value is -5.00. The number of amides is 1. The Morgan fingerprint density at radius 2 is 1.91 bits per heavy atom. The number of halogens is 3. The molecule has 0 spiro atoms. The van der Waals surface area contributed by atoms with Crippen molar-refractivity contribution in [3.8, 4) is 23.1 Å². The molecule has 0 fully saturated rings. The number of nitrogens with one attached hydrogen (secondary N) is 1. The van der Waals surface area contributed by atoms with Gasteiger partial charge < -0.3 is 19.2 Å². The van der Waals surface area contributed by atoms with Gasteiger partial charge in [0.25, 0.3) is 11.5 Å². The fourth-order valence-corrected chi connectivity index (χ4v) is 5.13. The summed E-state index contributed by atoms with van der Waals surface area (Å²) in [5.41, 5.74) is 1.41. The van der Waals surface area contributed by atoms with E-state index >= 15 is 0 Å². The lowest BCUT2D eigenvalue weighted by Gasteiger charge is -2.14. The van der Waals surface area contributed by atoms with E-state index in [9.17, 15) is 14.0 Å². The van der Waals surface area contributed by atoms with Crippen LogP contribution in [0, 0.1) is 5.82 Å². The summed E-state index contributed by atoms with van der Waals surface area (Å²) in [4.78, 5) is 31.0. The van der Waals surface area contributed by atoms with Crippen LogP contribution in [0.25, 0.3) is 33.5 Å². The molecular weight excluding hydrogens is 655 g/mol. The van der Waals surface area contributed by atoms with Crippen LogP contribution in [0.5, 0.6) is 11.5 Å². The summed E-state index contributed by atoms with van der Waals surface area (Å²) >= 11 is 9.62. The van der Waals surface area contributed by atoms with Gasteiger partial charge >= 0.3 is 0 Å². The number of nitrogens with zero attached hydrogens (tertiary/aromatic N) is 3. The van der Waals surface area contributed by atoms with Crippen LogP contribution >= 0.6 is 27.5 Å². The molecule has 220 valence electrons. The predicted molar refractivity (Wildman–Crippen MR) is 170 cm³/mol. The smallest absolute Gasteiger partial charge is 0.282 e. The van der Waals surface area contributed by atoms with Crippen LogP contribution in [-0.4, -0.2) is 35.5 Å². The van der Waals surface area contributed by atoms with Gasteiger partial charge in [-0.15, -0.1) is 0 Å². The Bertz CT molecular complexity index is 2130. The number of hydrogen-bond acceptors (Lipinski definition) is 7. The van der Waals surface area contributed by atoms with Gasteiger partial charge in [0, 0.05) is 26.1 Å². The van der Waals surface area contributed by atoms with E-state index in [1.165, 1.54) is 37.6 Å². The average Bonchev–Trinajstić information content (AvgIpc) is 3.44. The fourth-order valence-electron chi connectivity index (χ4n) is 4.49. The number of furan rings is 1. The van der Waals surface area contributed by atoms with E-state index in [2.05, 4.69) is 26.3 Å². The molecule has 4 aromatic carbocycles. The molecule has 12 heteroatoms. The highest BCUT2D eigenvalue weighted by Crippen LogP contribution is 2.34.